The molecule has 1 aliphatic rings. The SMILES string of the molecule is CC1(C(N)c2cscc2Br)CCCS1. The molecule has 2 unspecified atom stereocenters. The number of thiophene rings is 1. The minimum atomic E-state index is 0.163. The van der Waals surface area contributed by atoms with Gasteiger partial charge >= 0.3 is 0 Å². The second-order valence-corrected chi connectivity index (χ2v) is 7.14. The lowest BCUT2D eigenvalue weighted by Crippen LogP contribution is -2.32. The maximum absolute atomic E-state index is 6.34. The van der Waals surface area contributed by atoms with E-state index in [1.165, 1.54) is 28.6 Å². The maximum Gasteiger partial charge on any atom is 0.0461 e. The average Bonchev–Trinajstić information content (AvgIpc) is 2.74. The molecule has 1 nitrogen and oxygen atoms in total. The van der Waals surface area contributed by atoms with Crippen LogP contribution in [0.2, 0.25) is 0 Å². The predicted octanol–water partition coefficient (Wildman–Crippen LogP) is 3.80. The van der Waals surface area contributed by atoms with E-state index in [1.54, 1.807) is 11.3 Å². The van der Waals surface area contributed by atoms with Crippen LogP contribution in [0.1, 0.15) is 31.4 Å². The highest BCUT2D eigenvalue weighted by molar-refractivity contribution is 9.10. The van der Waals surface area contributed by atoms with E-state index in [-0.39, 0.29) is 10.8 Å². The lowest BCUT2D eigenvalue weighted by molar-refractivity contribution is 0.502. The Morgan fingerprint density at radius 3 is 2.86 bits per heavy atom. The van der Waals surface area contributed by atoms with E-state index in [0.717, 1.165) is 0 Å². The van der Waals surface area contributed by atoms with Gasteiger partial charge in [-0.25, -0.2) is 0 Å². The molecule has 0 aromatic carbocycles. The van der Waals surface area contributed by atoms with Crippen molar-refractivity contribution in [3.8, 4) is 0 Å². The first kappa shape index (κ1) is 11.0. The predicted molar refractivity (Wildman–Crippen MR) is 69.0 cm³/mol. The minimum absolute atomic E-state index is 0.163. The van der Waals surface area contributed by atoms with Gasteiger partial charge in [0.25, 0.3) is 0 Å². The summed E-state index contributed by atoms with van der Waals surface area (Å²) in [6.45, 7) is 2.29. The van der Waals surface area contributed by atoms with E-state index in [1.807, 2.05) is 11.8 Å². The summed E-state index contributed by atoms with van der Waals surface area (Å²) in [5, 5.41) is 4.27. The molecular formula is C10H14BrNS2. The van der Waals surface area contributed by atoms with E-state index in [4.69, 9.17) is 5.73 Å². The molecule has 0 radical (unpaired) electrons. The van der Waals surface area contributed by atoms with Gasteiger partial charge in [-0.1, -0.05) is 0 Å². The van der Waals surface area contributed by atoms with Gasteiger partial charge in [0.15, 0.2) is 0 Å². The van der Waals surface area contributed by atoms with E-state index < -0.39 is 0 Å². The number of thioether (sulfide) groups is 1. The Morgan fingerprint density at radius 2 is 2.36 bits per heavy atom. The lowest BCUT2D eigenvalue weighted by Gasteiger charge is -2.30. The normalized spacial score (nSPS) is 29.4. The molecule has 1 fully saturated rings. The van der Waals surface area contributed by atoms with Crippen LogP contribution < -0.4 is 5.73 Å². The van der Waals surface area contributed by atoms with E-state index >= 15 is 0 Å². The van der Waals surface area contributed by atoms with E-state index in [0.29, 0.717) is 0 Å². The first-order valence-corrected chi connectivity index (χ1v) is 7.47. The van der Waals surface area contributed by atoms with Crippen LogP contribution in [-0.4, -0.2) is 10.5 Å². The van der Waals surface area contributed by atoms with E-state index in [9.17, 15) is 0 Å². The summed E-state index contributed by atoms with van der Waals surface area (Å²) in [6.07, 6.45) is 2.54. The Hall–Kier alpha value is 0.490. The Balaban J connectivity index is 2.23. The number of hydrogen-bond acceptors (Lipinski definition) is 3. The summed E-state index contributed by atoms with van der Waals surface area (Å²) in [5.74, 6) is 1.26. The molecule has 1 saturated heterocycles. The number of halogens is 1. The van der Waals surface area contributed by atoms with Crippen molar-refractivity contribution in [3.05, 3.63) is 20.8 Å². The molecule has 1 aromatic heterocycles. The van der Waals surface area contributed by atoms with Gasteiger partial charge in [-0.2, -0.15) is 23.1 Å². The molecule has 1 aliphatic heterocycles. The van der Waals surface area contributed by atoms with Gasteiger partial charge < -0.3 is 5.73 Å². The van der Waals surface area contributed by atoms with Gasteiger partial charge in [0.2, 0.25) is 0 Å². The first-order chi connectivity index (χ1) is 6.63. The molecule has 14 heavy (non-hydrogen) atoms. The van der Waals surface area contributed by atoms with Crippen molar-refractivity contribution in [1.29, 1.82) is 0 Å². The molecule has 0 bridgehead atoms. The molecule has 2 heterocycles. The summed E-state index contributed by atoms with van der Waals surface area (Å²) in [6, 6.07) is 0.163. The Kier molecular flexibility index (Phi) is 3.27. The van der Waals surface area contributed by atoms with E-state index in [2.05, 4.69) is 33.6 Å². The van der Waals surface area contributed by atoms with Gasteiger partial charge in [0.05, 0.1) is 0 Å². The zero-order valence-electron chi connectivity index (χ0n) is 8.13. The number of rotatable bonds is 2. The number of hydrogen-bond donors (Lipinski definition) is 1. The van der Waals surface area contributed by atoms with Crippen molar-refractivity contribution in [3.63, 3.8) is 0 Å². The van der Waals surface area contributed by atoms with Crippen molar-refractivity contribution in [2.24, 2.45) is 5.73 Å². The fourth-order valence-corrected chi connectivity index (χ4v) is 4.82. The van der Waals surface area contributed by atoms with Crippen LogP contribution in [0, 0.1) is 0 Å². The van der Waals surface area contributed by atoms with Crippen molar-refractivity contribution in [2.45, 2.75) is 30.6 Å². The zero-order chi connectivity index (χ0) is 10.2. The summed E-state index contributed by atoms with van der Waals surface area (Å²) < 4.78 is 1.41. The van der Waals surface area contributed by atoms with Crippen molar-refractivity contribution >= 4 is 39.0 Å². The average molecular weight is 292 g/mol. The molecular weight excluding hydrogens is 278 g/mol. The van der Waals surface area contributed by atoms with Crippen molar-refractivity contribution in [1.82, 2.24) is 0 Å². The topological polar surface area (TPSA) is 26.0 Å². The second-order valence-electron chi connectivity index (χ2n) is 3.92. The molecule has 0 amide bonds. The third-order valence-electron chi connectivity index (χ3n) is 2.88. The molecule has 0 saturated carbocycles. The van der Waals surface area contributed by atoms with Gasteiger partial charge in [-0.3, -0.25) is 0 Å². The molecule has 4 heteroatoms. The fraction of sp³-hybridized carbons (Fsp3) is 0.600. The minimum Gasteiger partial charge on any atom is -0.323 e. The summed E-state index contributed by atoms with van der Waals surface area (Å²) in [7, 11) is 0. The summed E-state index contributed by atoms with van der Waals surface area (Å²) >= 11 is 7.29. The van der Waals surface area contributed by atoms with Crippen LogP contribution in [-0.2, 0) is 0 Å². The monoisotopic (exact) mass is 291 g/mol. The van der Waals surface area contributed by atoms with Crippen LogP contribution in [0.5, 0.6) is 0 Å². The molecule has 0 aliphatic carbocycles. The Bertz CT molecular complexity index is 318. The highest BCUT2D eigenvalue weighted by atomic mass is 79.9. The van der Waals surface area contributed by atoms with Crippen LogP contribution in [0.15, 0.2) is 15.2 Å². The third kappa shape index (κ3) is 1.90. The third-order valence-corrected chi connectivity index (χ3v) is 6.25. The van der Waals surface area contributed by atoms with Crippen molar-refractivity contribution in [2.75, 3.05) is 5.75 Å². The van der Waals surface area contributed by atoms with Crippen LogP contribution >= 0.6 is 39.0 Å². The molecule has 1 aromatic rings. The quantitative estimate of drug-likeness (QED) is 0.897. The van der Waals surface area contributed by atoms with Crippen LogP contribution in [0.25, 0.3) is 0 Å². The fourth-order valence-electron chi connectivity index (χ4n) is 1.89. The molecule has 2 N–H and O–H groups in total. The van der Waals surface area contributed by atoms with Crippen LogP contribution in [0.4, 0.5) is 0 Å². The molecule has 2 rings (SSSR count). The van der Waals surface area contributed by atoms with Gasteiger partial charge in [-0.05, 0) is 52.4 Å². The number of nitrogens with two attached hydrogens (primary N) is 1. The summed E-state index contributed by atoms with van der Waals surface area (Å²) in [5.41, 5.74) is 7.61. The maximum atomic E-state index is 6.34. The lowest BCUT2D eigenvalue weighted by atomic mass is 9.93. The first-order valence-electron chi connectivity index (χ1n) is 4.74. The second kappa shape index (κ2) is 4.16. The summed E-state index contributed by atoms with van der Waals surface area (Å²) in [4.78, 5) is 0. The standard InChI is InChI=1S/C10H14BrNS2/c1-10(3-2-4-14-10)9(12)7-5-13-6-8(7)11/h5-6,9H,2-4,12H2,1H3. The Labute approximate surface area is 102 Å². The van der Waals surface area contributed by atoms with Gasteiger partial charge in [-0.15, -0.1) is 0 Å². The largest absolute Gasteiger partial charge is 0.323 e. The van der Waals surface area contributed by atoms with Crippen molar-refractivity contribution < 1.29 is 0 Å². The van der Waals surface area contributed by atoms with Gasteiger partial charge in [0.1, 0.15) is 0 Å². The van der Waals surface area contributed by atoms with Crippen LogP contribution in [0.3, 0.4) is 0 Å². The smallest absolute Gasteiger partial charge is 0.0461 e. The zero-order valence-corrected chi connectivity index (χ0v) is 11.3. The molecule has 0 spiro atoms. The molecule has 78 valence electrons. The Morgan fingerprint density at radius 1 is 1.57 bits per heavy atom. The molecule has 2 atom stereocenters. The highest BCUT2D eigenvalue weighted by Gasteiger charge is 2.37. The highest BCUT2D eigenvalue weighted by Crippen LogP contribution is 2.47. The van der Waals surface area contributed by atoms with Gasteiger partial charge in [0, 0.05) is 20.6 Å².